The molecule has 0 atom stereocenters. The van der Waals surface area contributed by atoms with Crippen LogP contribution in [0, 0.1) is 0 Å². The van der Waals surface area contributed by atoms with Crippen LogP contribution in [0.4, 0.5) is 4.79 Å². The van der Waals surface area contributed by atoms with Crippen molar-refractivity contribution in [2.45, 2.75) is 50.6 Å². The summed E-state index contributed by atoms with van der Waals surface area (Å²) < 4.78 is 10.2. The number of thioether (sulfide) groups is 1. The van der Waals surface area contributed by atoms with Crippen molar-refractivity contribution in [3.63, 3.8) is 0 Å². The Morgan fingerprint density at radius 2 is 2.22 bits per heavy atom. The second kappa shape index (κ2) is 6.94. The van der Waals surface area contributed by atoms with Crippen molar-refractivity contribution in [3.8, 4) is 0 Å². The minimum Gasteiger partial charge on any atom is -0.444 e. The minimum atomic E-state index is -0.484. The Morgan fingerprint density at radius 1 is 1.50 bits per heavy atom. The van der Waals surface area contributed by atoms with Gasteiger partial charge in [-0.05, 0) is 38.7 Å². The summed E-state index contributed by atoms with van der Waals surface area (Å²) in [7, 11) is 0. The number of nitrogens with zero attached hydrogens (tertiary/aromatic N) is 2. The third kappa shape index (κ3) is 6.20. The highest BCUT2D eigenvalue weighted by Gasteiger charge is 2.16. The molecule has 0 aromatic carbocycles. The van der Waals surface area contributed by atoms with Crippen LogP contribution in [0.3, 0.4) is 0 Å². The van der Waals surface area contributed by atoms with E-state index in [9.17, 15) is 4.79 Å². The van der Waals surface area contributed by atoms with Gasteiger partial charge in [-0.1, -0.05) is 18.7 Å². The van der Waals surface area contributed by atoms with Gasteiger partial charge in [0.2, 0.25) is 0 Å². The molecule has 18 heavy (non-hydrogen) atoms. The molecule has 7 heteroatoms. The molecule has 1 N–H and O–H groups in total. The van der Waals surface area contributed by atoms with E-state index in [4.69, 9.17) is 4.74 Å². The topological polar surface area (TPSA) is 64.1 Å². The summed E-state index contributed by atoms with van der Waals surface area (Å²) in [5.74, 6) is 1.66. The second-order valence-electron chi connectivity index (χ2n) is 4.68. The number of carbonyl (C=O) groups is 1. The molecule has 5 nitrogen and oxygen atoms in total. The van der Waals surface area contributed by atoms with Gasteiger partial charge in [-0.2, -0.15) is 4.37 Å². The van der Waals surface area contributed by atoms with Gasteiger partial charge in [0.25, 0.3) is 0 Å². The van der Waals surface area contributed by atoms with Crippen molar-refractivity contribution in [2.24, 2.45) is 0 Å². The first-order valence-corrected chi connectivity index (χ1v) is 7.59. The van der Waals surface area contributed by atoms with Crippen LogP contribution in [0.2, 0.25) is 0 Å². The summed E-state index contributed by atoms with van der Waals surface area (Å²) in [4.78, 5) is 15.7. The van der Waals surface area contributed by atoms with E-state index in [0.717, 1.165) is 16.5 Å². The zero-order valence-electron chi connectivity index (χ0n) is 11.1. The molecule has 1 rings (SSSR count). The van der Waals surface area contributed by atoms with Crippen molar-refractivity contribution in [1.82, 2.24) is 14.7 Å². The van der Waals surface area contributed by atoms with Crippen molar-refractivity contribution >= 4 is 29.4 Å². The van der Waals surface area contributed by atoms with Crippen LogP contribution in [0.5, 0.6) is 0 Å². The van der Waals surface area contributed by atoms with Gasteiger partial charge in [-0.15, -0.1) is 0 Å². The highest BCUT2D eigenvalue weighted by atomic mass is 32.2. The van der Waals surface area contributed by atoms with Crippen molar-refractivity contribution in [1.29, 1.82) is 0 Å². The minimum absolute atomic E-state index is 0.304. The van der Waals surface area contributed by atoms with E-state index < -0.39 is 11.7 Å². The van der Waals surface area contributed by atoms with Crippen LogP contribution in [-0.2, 0) is 11.3 Å². The summed E-state index contributed by atoms with van der Waals surface area (Å²) in [6.07, 6.45) is 0.662. The van der Waals surface area contributed by atoms with E-state index >= 15 is 0 Å². The lowest BCUT2D eigenvalue weighted by atomic mass is 10.2. The summed E-state index contributed by atoms with van der Waals surface area (Å²) >= 11 is 3.05. The number of carbonyl (C=O) groups excluding carboxylic acids is 1. The van der Waals surface area contributed by atoms with Gasteiger partial charge in [0.05, 0.1) is 6.54 Å². The Kier molecular flexibility index (Phi) is 5.87. The Balaban J connectivity index is 2.35. The van der Waals surface area contributed by atoms with E-state index in [1.54, 1.807) is 11.8 Å². The summed E-state index contributed by atoms with van der Waals surface area (Å²) in [6, 6.07) is 0. The predicted molar refractivity (Wildman–Crippen MR) is 74.0 cm³/mol. The van der Waals surface area contributed by atoms with Crippen molar-refractivity contribution in [3.05, 3.63) is 5.82 Å². The molecule has 0 saturated carbocycles. The standard InChI is InChI=1S/C11H19N3O2S2/c1-5-6-17-10-13-8(14-18-10)7-12-9(15)16-11(2,3)4/h5-7H2,1-4H3,(H,12,15). The molecule has 0 aliphatic carbocycles. The van der Waals surface area contributed by atoms with E-state index in [1.807, 2.05) is 20.8 Å². The number of rotatable bonds is 5. The maximum absolute atomic E-state index is 11.4. The zero-order valence-corrected chi connectivity index (χ0v) is 12.8. The van der Waals surface area contributed by atoms with Crippen LogP contribution < -0.4 is 5.32 Å². The summed E-state index contributed by atoms with van der Waals surface area (Å²) in [5, 5.41) is 2.64. The number of ether oxygens (including phenoxy) is 1. The maximum Gasteiger partial charge on any atom is 0.408 e. The molecule has 1 aromatic rings. The van der Waals surface area contributed by atoms with Crippen molar-refractivity contribution in [2.75, 3.05) is 5.75 Å². The molecule has 0 aliphatic heterocycles. The van der Waals surface area contributed by atoms with E-state index in [-0.39, 0.29) is 0 Å². The van der Waals surface area contributed by atoms with Crippen LogP contribution in [0.1, 0.15) is 39.9 Å². The molecular weight excluding hydrogens is 270 g/mol. The molecule has 0 spiro atoms. The lowest BCUT2D eigenvalue weighted by Gasteiger charge is -2.19. The van der Waals surface area contributed by atoms with Crippen LogP contribution >= 0.6 is 23.3 Å². The predicted octanol–water partition coefficient (Wildman–Crippen LogP) is 3.06. The molecule has 0 saturated heterocycles. The van der Waals surface area contributed by atoms with Gasteiger partial charge >= 0.3 is 6.09 Å². The molecule has 1 amide bonds. The fourth-order valence-corrected chi connectivity index (χ4v) is 2.58. The van der Waals surface area contributed by atoms with Gasteiger partial charge in [-0.3, -0.25) is 0 Å². The number of hydrogen-bond acceptors (Lipinski definition) is 6. The Morgan fingerprint density at radius 3 is 2.83 bits per heavy atom. The first-order valence-electron chi connectivity index (χ1n) is 5.83. The van der Waals surface area contributed by atoms with Gasteiger partial charge in [0.15, 0.2) is 10.2 Å². The number of amides is 1. The number of alkyl carbamates (subject to hydrolysis) is 1. The highest BCUT2D eigenvalue weighted by Crippen LogP contribution is 2.20. The smallest absolute Gasteiger partial charge is 0.408 e. The molecule has 0 unspecified atom stereocenters. The monoisotopic (exact) mass is 289 g/mol. The Hall–Kier alpha value is -0.820. The Bertz CT molecular complexity index is 388. The molecule has 0 radical (unpaired) electrons. The molecule has 1 heterocycles. The SMILES string of the molecule is CCCSc1nc(CNC(=O)OC(C)(C)C)ns1. The van der Waals surface area contributed by atoms with E-state index in [1.165, 1.54) is 11.5 Å². The van der Waals surface area contributed by atoms with Crippen molar-refractivity contribution < 1.29 is 9.53 Å². The first kappa shape index (κ1) is 15.2. The normalized spacial score (nSPS) is 11.3. The van der Waals surface area contributed by atoms with Crippen LogP contribution in [-0.4, -0.2) is 26.8 Å². The quantitative estimate of drug-likeness (QED) is 0.844. The molecule has 0 fully saturated rings. The number of nitrogens with one attached hydrogen (secondary N) is 1. The molecular formula is C11H19N3O2S2. The van der Waals surface area contributed by atoms with Gasteiger partial charge in [0.1, 0.15) is 5.60 Å². The molecule has 0 bridgehead atoms. The van der Waals surface area contributed by atoms with Crippen LogP contribution in [0.15, 0.2) is 4.34 Å². The summed E-state index contributed by atoms with van der Waals surface area (Å²) in [6.45, 7) is 7.91. The highest BCUT2D eigenvalue weighted by molar-refractivity contribution is 8.00. The van der Waals surface area contributed by atoms with E-state index in [0.29, 0.717) is 12.4 Å². The molecule has 0 aliphatic rings. The molecule has 102 valence electrons. The van der Waals surface area contributed by atoms with Crippen LogP contribution in [0.25, 0.3) is 0 Å². The molecule has 1 aromatic heterocycles. The average Bonchev–Trinajstić information content (AvgIpc) is 2.69. The second-order valence-corrected chi connectivity index (χ2v) is 6.77. The third-order valence-electron chi connectivity index (χ3n) is 1.67. The van der Waals surface area contributed by atoms with Gasteiger partial charge < -0.3 is 10.1 Å². The van der Waals surface area contributed by atoms with E-state index in [2.05, 4.69) is 21.6 Å². The largest absolute Gasteiger partial charge is 0.444 e. The number of aromatic nitrogens is 2. The Labute approximate surface area is 116 Å². The fourth-order valence-electron chi connectivity index (χ4n) is 1.02. The van der Waals surface area contributed by atoms with Gasteiger partial charge in [-0.25, -0.2) is 9.78 Å². The lowest BCUT2D eigenvalue weighted by molar-refractivity contribution is 0.0522. The zero-order chi connectivity index (χ0) is 13.6. The van der Waals surface area contributed by atoms with Gasteiger partial charge in [0, 0.05) is 5.75 Å². The average molecular weight is 289 g/mol. The number of hydrogen-bond donors (Lipinski definition) is 1. The summed E-state index contributed by atoms with van der Waals surface area (Å²) in [5.41, 5.74) is -0.484. The fraction of sp³-hybridized carbons (Fsp3) is 0.727. The third-order valence-corrected chi connectivity index (χ3v) is 3.75. The first-order chi connectivity index (χ1) is 8.40. The lowest BCUT2D eigenvalue weighted by Crippen LogP contribution is -2.32. The maximum atomic E-state index is 11.4.